The zero-order chi connectivity index (χ0) is 17.6. The summed E-state index contributed by atoms with van der Waals surface area (Å²) in [4.78, 5) is 16.8. The third-order valence-corrected chi connectivity index (χ3v) is 4.33. The lowest BCUT2D eigenvalue weighted by atomic mass is 10.1. The van der Waals surface area contributed by atoms with Crippen molar-refractivity contribution < 1.29 is 9.21 Å². The summed E-state index contributed by atoms with van der Waals surface area (Å²) in [5.41, 5.74) is 2.19. The van der Waals surface area contributed by atoms with Crippen molar-refractivity contribution in [3.05, 3.63) is 64.8 Å². The SMILES string of the molecule is CCCCNC(=O)c1ccccc1-c1ncc(-c2cccc(Br)c2)o1. The van der Waals surface area contributed by atoms with Gasteiger partial charge in [-0.25, -0.2) is 4.98 Å². The van der Waals surface area contributed by atoms with Crippen molar-refractivity contribution in [3.8, 4) is 22.8 Å². The molecule has 0 atom stereocenters. The highest BCUT2D eigenvalue weighted by Crippen LogP contribution is 2.29. The highest BCUT2D eigenvalue weighted by Gasteiger charge is 2.16. The van der Waals surface area contributed by atoms with Crippen LogP contribution in [0.2, 0.25) is 0 Å². The van der Waals surface area contributed by atoms with Gasteiger partial charge in [0.2, 0.25) is 5.89 Å². The number of nitrogens with zero attached hydrogens (tertiary/aromatic N) is 1. The molecular weight excluding hydrogens is 380 g/mol. The third kappa shape index (κ3) is 4.17. The maximum absolute atomic E-state index is 12.4. The number of unbranched alkanes of at least 4 members (excludes halogenated alkanes) is 1. The van der Waals surface area contributed by atoms with Gasteiger partial charge in [-0.05, 0) is 30.7 Å². The minimum absolute atomic E-state index is 0.105. The number of halogens is 1. The van der Waals surface area contributed by atoms with Crippen LogP contribution in [0.15, 0.2) is 63.6 Å². The van der Waals surface area contributed by atoms with Crippen LogP contribution in [0.5, 0.6) is 0 Å². The van der Waals surface area contributed by atoms with Crippen LogP contribution in [0.1, 0.15) is 30.1 Å². The maximum atomic E-state index is 12.4. The van der Waals surface area contributed by atoms with Gasteiger partial charge in [0, 0.05) is 22.1 Å². The smallest absolute Gasteiger partial charge is 0.252 e. The van der Waals surface area contributed by atoms with E-state index < -0.39 is 0 Å². The number of carbonyl (C=O) groups is 1. The van der Waals surface area contributed by atoms with E-state index in [4.69, 9.17) is 4.42 Å². The summed E-state index contributed by atoms with van der Waals surface area (Å²) in [5.74, 6) is 1.000. The molecule has 0 fully saturated rings. The number of hydrogen-bond acceptors (Lipinski definition) is 3. The molecule has 0 aliphatic rings. The van der Waals surface area contributed by atoms with Crippen LogP contribution in [-0.4, -0.2) is 17.4 Å². The van der Waals surface area contributed by atoms with E-state index in [2.05, 4.69) is 33.2 Å². The van der Waals surface area contributed by atoms with Gasteiger partial charge in [0.25, 0.3) is 5.91 Å². The van der Waals surface area contributed by atoms with E-state index in [-0.39, 0.29) is 5.91 Å². The molecule has 4 nitrogen and oxygen atoms in total. The van der Waals surface area contributed by atoms with Crippen LogP contribution in [0, 0.1) is 0 Å². The van der Waals surface area contributed by atoms with Crippen LogP contribution in [0.3, 0.4) is 0 Å². The number of rotatable bonds is 6. The van der Waals surface area contributed by atoms with Crippen molar-refractivity contribution in [2.45, 2.75) is 19.8 Å². The highest BCUT2D eigenvalue weighted by atomic mass is 79.9. The maximum Gasteiger partial charge on any atom is 0.252 e. The molecule has 3 rings (SSSR count). The van der Waals surface area contributed by atoms with Crippen molar-refractivity contribution in [3.63, 3.8) is 0 Å². The predicted molar refractivity (Wildman–Crippen MR) is 102 cm³/mol. The van der Waals surface area contributed by atoms with Crippen molar-refractivity contribution in [2.75, 3.05) is 6.54 Å². The molecule has 0 unspecified atom stereocenters. The lowest BCUT2D eigenvalue weighted by Gasteiger charge is -2.07. The Morgan fingerprint density at radius 1 is 1.20 bits per heavy atom. The standard InChI is InChI=1S/C20H19BrN2O2/c1-2-3-11-22-19(24)16-9-4-5-10-17(16)20-23-13-18(25-20)14-7-6-8-15(21)12-14/h4-10,12-13H,2-3,11H2,1H3,(H,22,24). The molecule has 25 heavy (non-hydrogen) atoms. The molecular formula is C20H19BrN2O2. The molecule has 0 aliphatic carbocycles. The second kappa shape index (κ2) is 8.12. The van der Waals surface area contributed by atoms with Gasteiger partial charge in [-0.2, -0.15) is 0 Å². The fourth-order valence-electron chi connectivity index (χ4n) is 2.52. The molecule has 0 aliphatic heterocycles. The second-order valence-corrected chi connectivity index (χ2v) is 6.61. The van der Waals surface area contributed by atoms with Gasteiger partial charge in [0.05, 0.1) is 11.8 Å². The third-order valence-electron chi connectivity index (χ3n) is 3.83. The van der Waals surface area contributed by atoms with E-state index in [1.807, 2.05) is 42.5 Å². The number of amides is 1. The highest BCUT2D eigenvalue weighted by molar-refractivity contribution is 9.10. The fourth-order valence-corrected chi connectivity index (χ4v) is 2.91. The average molecular weight is 399 g/mol. The largest absolute Gasteiger partial charge is 0.436 e. The summed E-state index contributed by atoms with van der Waals surface area (Å²) < 4.78 is 6.89. The summed E-state index contributed by atoms with van der Waals surface area (Å²) in [6.07, 6.45) is 3.68. The minimum atomic E-state index is -0.105. The molecule has 1 amide bonds. The first-order chi connectivity index (χ1) is 12.2. The van der Waals surface area contributed by atoms with E-state index >= 15 is 0 Å². The van der Waals surface area contributed by atoms with Crippen LogP contribution < -0.4 is 5.32 Å². The van der Waals surface area contributed by atoms with Crippen LogP contribution in [0.25, 0.3) is 22.8 Å². The molecule has 2 aromatic carbocycles. The number of nitrogens with one attached hydrogen (secondary N) is 1. The Labute approximate surface area is 155 Å². The molecule has 0 spiro atoms. The number of hydrogen-bond donors (Lipinski definition) is 1. The van der Waals surface area contributed by atoms with Gasteiger partial charge in [0.15, 0.2) is 5.76 Å². The Balaban J connectivity index is 1.89. The lowest BCUT2D eigenvalue weighted by molar-refractivity contribution is 0.0953. The van der Waals surface area contributed by atoms with Gasteiger partial charge in [-0.1, -0.05) is 53.5 Å². The predicted octanol–water partition coefficient (Wildman–Crippen LogP) is 5.30. The quantitative estimate of drug-likeness (QED) is 0.573. The normalized spacial score (nSPS) is 10.6. The van der Waals surface area contributed by atoms with Crippen molar-refractivity contribution in [1.29, 1.82) is 0 Å². The van der Waals surface area contributed by atoms with Gasteiger partial charge in [-0.15, -0.1) is 0 Å². The molecule has 3 aromatic rings. The average Bonchev–Trinajstić information content (AvgIpc) is 3.12. The number of carbonyl (C=O) groups excluding carboxylic acids is 1. The van der Waals surface area contributed by atoms with E-state index in [0.717, 1.165) is 22.9 Å². The number of benzene rings is 2. The van der Waals surface area contributed by atoms with E-state index in [9.17, 15) is 4.79 Å². The topological polar surface area (TPSA) is 55.1 Å². The number of oxazole rings is 1. The zero-order valence-electron chi connectivity index (χ0n) is 14.0. The molecule has 1 aromatic heterocycles. The van der Waals surface area contributed by atoms with Crippen LogP contribution >= 0.6 is 15.9 Å². The van der Waals surface area contributed by atoms with E-state index in [1.165, 1.54) is 0 Å². The molecule has 5 heteroatoms. The summed E-state index contributed by atoms with van der Waals surface area (Å²) in [6.45, 7) is 2.76. The second-order valence-electron chi connectivity index (χ2n) is 5.70. The molecule has 0 radical (unpaired) electrons. The summed E-state index contributed by atoms with van der Waals surface area (Å²) in [5, 5.41) is 2.94. The minimum Gasteiger partial charge on any atom is -0.436 e. The summed E-state index contributed by atoms with van der Waals surface area (Å²) in [7, 11) is 0. The molecule has 0 bridgehead atoms. The Kier molecular flexibility index (Phi) is 5.66. The van der Waals surface area contributed by atoms with Crippen LogP contribution in [-0.2, 0) is 0 Å². The first-order valence-corrected chi connectivity index (χ1v) is 9.07. The molecule has 0 saturated carbocycles. The zero-order valence-corrected chi connectivity index (χ0v) is 15.5. The van der Waals surface area contributed by atoms with E-state index in [0.29, 0.717) is 29.3 Å². The molecule has 1 N–H and O–H groups in total. The van der Waals surface area contributed by atoms with Crippen molar-refractivity contribution >= 4 is 21.8 Å². The Morgan fingerprint density at radius 3 is 2.84 bits per heavy atom. The Morgan fingerprint density at radius 2 is 2.04 bits per heavy atom. The van der Waals surface area contributed by atoms with E-state index in [1.54, 1.807) is 12.3 Å². The summed E-state index contributed by atoms with van der Waals surface area (Å²) >= 11 is 3.46. The van der Waals surface area contributed by atoms with Crippen molar-refractivity contribution in [2.24, 2.45) is 0 Å². The lowest BCUT2D eigenvalue weighted by Crippen LogP contribution is -2.24. The molecule has 128 valence electrons. The van der Waals surface area contributed by atoms with Gasteiger partial charge in [0.1, 0.15) is 0 Å². The van der Waals surface area contributed by atoms with Crippen LogP contribution in [0.4, 0.5) is 0 Å². The molecule has 1 heterocycles. The first-order valence-electron chi connectivity index (χ1n) is 8.28. The van der Waals surface area contributed by atoms with Gasteiger partial charge >= 0.3 is 0 Å². The van der Waals surface area contributed by atoms with Gasteiger partial charge in [-0.3, -0.25) is 4.79 Å². The van der Waals surface area contributed by atoms with Crippen molar-refractivity contribution in [1.82, 2.24) is 10.3 Å². The molecule has 0 saturated heterocycles. The monoisotopic (exact) mass is 398 g/mol. The first kappa shape index (κ1) is 17.4. The number of aromatic nitrogens is 1. The summed E-state index contributed by atoms with van der Waals surface area (Å²) in [6, 6.07) is 15.2. The Bertz CT molecular complexity index is 873. The fraction of sp³-hybridized carbons (Fsp3) is 0.200. The van der Waals surface area contributed by atoms with Gasteiger partial charge < -0.3 is 9.73 Å². The Hall–Kier alpha value is -2.40.